The Morgan fingerprint density at radius 2 is 1.91 bits per heavy atom. The van der Waals surface area contributed by atoms with Gasteiger partial charge in [-0.2, -0.15) is 0 Å². The zero-order valence-corrected chi connectivity index (χ0v) is 13.3. The lowest BCUT2D eigenvalue weighted by Gasteiger charge is -2.15. The summed E-state index contributed by atoms with van der Waals surface area (Å²) in [5.74, 6) is 1.17. The molecule has 0 amide bonds. The van der Waals surface area contributed by atoms with E-state index in [1.54, 1.807) is 6.07 Å². The van der Waals surface area contributed by atoms with E-state index in [-0.39, 0.29) is 6.42 Å². The third kappa shape index (κ3) is 3.53. The Morgan fingerprint density at radius 3 is 2.52 bits per heavy atom. The first-order valence-electron chi connectivity index (χ1n) is 7.01. The van der Waals surface area contributed by atoms with E-state index in [0.29, 0.717) is 46.9 Å². The summed E-state index contributed by atoms with van der Waals surface area (Å²) in [6.45, 7) is 0.481. The van der Waals surface area contributed by atoms with Crippen molar-refractivity contribution >= 4 is 22.7 Å². The molecule has 0 aliphatic rings. The molecule has 0 atom stereocenters. The summed E-state index contributed by atoms with van der Waals surface area (Å²) in [6, 6.07) is 1.76. The van der Waals surface area contributed by atoms with Crippen LogP contribution in [-0.2, 0) is 4.79 Å². The highest BCUT2D eigenvalue weighted by molar-refractivity contribution is 5.96. The van der Waals surface area contributed by atoms with Gasteiger partial charge in [-0.1, -0.05) is 0 Å². The van der Waals surface area contributed by atoms with Gasteiger partial charge < -0.3 is 24.6 Å². The van der Waals surface area contributed by atoms with Gasteiger partial charge in [-0.15, -0.1) is 0 Å². The number of ether oxygens (including phenoxy) is 3. The fourth-order valence-electron chi connectivity index (χ4n) is 2.25. The van der Waals surface area contributed by atoms with Crippen LogP contribution in [0.2, 0.25) is 0 Å². The molecule has 0 fully saturated rings. The number of aromatic nitrogens is 2. The van der Waals surface area contributed by atoms with Gasteiger partial charge in [-0.25, -0.2) is 9.97 Å². The van der Waals surface area contributed by atoms with Crippen molar-refractivity contribution in [2.75, 3.05) is 33.2 Å². The van der Waals surface area contributed by atoms with Crippen LogP contribution in [0.25, 0.3) is 10.9 Å². The topological polar surface area (TPSA) is 103 Å². The first kappa shape index (κ1) is 16.6. The predicted molar refractivity (Wildman–Crippen MR) is 84.6 cm³/mol. The van der Waals surface area contributed by atoms with Gasteiger partial charge >= 0.3 is 5.97 Å². The number of methoxy groups -OCH3 is 3. The second-order valence-corrected chi connectivity index (χ2v) is 4.69. The second kappa shape index (κ2) is 7.48. The van der Waals surface area contributed by atoms with Crippen LogP contribution in [0.5, 0.6) is 17.2 Å². The highest BCUT2D eigenvalue weighted by atomic mass is 16.5. The standard InChI is InChI=1S/C15H19N3O5/c1-21-10-7-9-12(14(23-3)13(10)22-2)17-8-18-15(9)16-6-4-5-11(19)20/h7-8H,4-6H2,1-3H3,(H,19,20)(H,16,17,18). The van der Waals surface area contributed by atoms with E-state index < -0.39 is 5.97 Å². The van der Waals surface area contributed by atoms with Crippen LogP contribution < -0.4 is 19.5 Å². The summed E-state index contributed by atoms with van der Waals surface area (Å²) in [7, 11) is 4.59. The van der Waals surface area contributed by atoms with Crippen molar-refractivity contribution in [1.82, 2.24) is 9.97 Å². The van der Waals surface area contributed by atoms with E-state index in [9.17, 15) is 4.79 Å². The normalized spacial score (nSPS) is 10.4. The monoisotopic (exact) mass is 321 g/mol. The lowest BCUT2D eigenvalue weighted by Crippen LogP contribution is -2.07. The van der Waals surface area contributed by atoms with Crippen LogP contribution in [0, 0.1) is 0 Å². The van der Waals surface area contributed by atoms with E-state index in [2.05, 4.69) is 15.3 Å². The number of nitrogens with zero attached hydrogens (tertiary/aromatic N) is 2. The average molecular weight is 321 g/mol. The molecule has 2 rings (SSSR count). The number of rotatable bonds is 8. The van der Waals surface area contributed by atoms with Crippen molar-refractivity contribution in [2.45, 2.75) is 12.8 Å². The fraction of sp³-hybridized carbons (Fsp3) is 0.400. The van der Waals surface area contributed by atoms with Crippen molar-refractivity contribution in [2.24, 2.45) is 0 Å². The number of carbonyl (C=O) groups is 1. The Hall–Kier alpha value is -2.77. The Bertz CT molecular complexity index is 705. The Morgan fingerprint density at radius 1 is 1.17 bits per heavy atom. The number of fused-ring (bicyclic) bond motifs is 1. The highest BCUT2D eigenvalue weighted by Crippen LogP contribution is 2.43. The minimum Gasteiger partial charge on any atom is -0.493 e. The summed E-state index contributed by atoms with van der Waals surface area (Å²) in [5.41, 5.74) is 0.584. The molecular formula is C15H19N3O5. The molecule has 124 valence electrons. The summed E-state index contributed by atoms with van der Waals surface area (Å²) < 4.78 is 16.1. The quantitative estimate of drug-likeness (QED) is 0.711. The first-order chi connectivity index (χ1) is 11.1. The minimum atomic E-state index is -0.826. The van der Waals surface area contributed by atoms with Gasteiger partial charge in [0.05, 0.1) is 26.7 Å². The van der Waals surface area contributed by atoms with Gasteiger partial charge in [0.15, 0.2) is 11.5 Å². The number of hydrogen-bond acceptors (Lipinski definition) is 7. The molecule has 0 radical (unpaired) electrons. The summed E-state index contributed by atoms with van der Waals surface area (Å²) in [4.78, 5) is 19.0. The smallest absolute Gasteiger partial charge is 0.303 e. The minimum absolute atomic E-state index is 0.0937. The molecule has 0 spiro atoms. The number of carboxylic acid groups (broad SMARTS) is 1. The van der Waals surface area contributed by atoms with E-state index in [4.69, 9.17) is 19.3 Å². The van der Waals surface area contributed by atoms with Crippen LogP contribution in [0.4, 0.5) is 5.82 Å². The SMILES string of the molecule is COc1cc2c(NCCCC(=O)O)ncnc2c(OC)c1OC. The maximum absolute atomic E-state index is 10.6. The van der Waals surface area contributed by atoms with Gasteiger partial charge in [0, 0.05) is 13.0 Å². The number of carboxylic acids is 1. The molecule has 8 heteroatoms. The lowest BCUT2D eigenvalue weighted by atomic mass is 10.1. The van der Waals surface area contributed by atoms with Crippen LogP contribution >= 0.6 is 0 Å². The summed E-state index contributed by atoms with van der Waals surface area (Å²) >= 11 is 0. The molecule has 1 heterocycles. The highest BCUT2D eigenvalue weighted by Gasteiger charge is 2.19. The lowest BCUT2D eigenvalue weighted by molar-refractivity contribution is -0.137. The van der Waals surface area contributed by atoms with Crippen LogP contribution in [-0.4, -0.2) is 48.9 Å². The number of benzene rings is 1. The predicted octanol–water partition coefficient (Wildman–Crippen LogP) is 1.93. The van der Waals surface area contributed by atoms with E-state index >= 15 is 0 Å². The first-order valence-corrected chi connectivity index (χ1v) is 7.01. The van der Waals surface area contributed by atoms with E-state index in [1.165, 1.54) is 27.7 Å². The maximum atomic E-state index is 10.6. The summed E-state index contributed by atoms with van der Waals surface area (Å²) in [5, 5.41) is 12.5. The van der Waals surface area contributed by atoms with Gasteiger partial charge in [-0.05, 0) is 12.5 Å². The molecule has 0 saturated heterocycles. The molecular weight excluding hydrogens is 302 g/mol. The average Bonchev–Trinajstić information content (AvgIpc) is 2.56. The molecule has 0 aliphatic heterocycles. The van der Waals surface area contributed by atoms with Gasteiger partial charge in [0.1, 0.15) is 17.7 Å². The third-order valence-electron chi connectivity index (χ3n) is 3.29. The van der Waals surface area contributed by atoms with E-state index in [0.717, 1.165) is 0 Å². The van der Waals surface area contributed by atoms with Crippen molar-refractivity contribution in [3.63, 3.8) is 0 Å². The third-order valence-corrected chi connectivity index (χ3v) is 3.29. The van der Waals surface area contributed by atoms with Crippen LogP contribution in [0.15, 0.2) is 12.4 Å². The number of nitrogens with one attached hydrogen (secondary N) is 1. The summed E-state index contributed by atoms with van der Waals surface area (Å²) in [6.07, 6.45) is 2.00. The number of hydrogen-bond donors (Lipinski definition) is 2. The van der Waals surface area contributed by atoms with E-state index in [1.807, 2.05) is 0 Å². The van der Waals surface area contributed by atoms with Crippen molar-refractivity contribution < 1.29 is 24.1 Å². The molecule has 1 aromatic heterocycles. The van der Waals surface area contributed by atoms with Crippen LogP contribution in [0.3, 0.4) is 0 Å². The Balaban J connectivity index is 2.41. The largest absolute Gasteiger partial charge is 0.493 e. The Labute approximate surface area is 133 Å². The molecule has 23 heavy (non-hydrogen) atoms. The fourth-order valence-corrected chi connectivity index (χ4v) is 2.25. The van der Waals surface area contributed by atoms with Crippen LogP contribution in [0.1, 0.15) is 12.8 Å². The molecule has 0 saturated carbocycles. The number of anilines is 1. The number of aliphatic carboxylic acids is 1. The van der Waals surface area contributed by atoms with Gasteiger partial charge in [0.2, 0.25) is 5.75 Å². The Kier molecular flexibility index (Phi) is 5.40. The molecule has 2 N–H and O–H groups in total. The molecule has 8 nitrogen and oxygen atoms in total. The zero-order valence-electron chi connectivity index (χ0n) is 13.3. The zero-order chi connectivity index (χ0) is 16.8. The molecule has 0 aliphatic carbocycles. The van der Waals surface area contributed by atoms with Gasteiger partial charge in [0.25, 0.3) is 0 Å². The maximum Gasteiger partial charge on any atom is 0.303 e. The van der Waals surface area contributed by atoms with Crippen molar-refractivity contribution in [3.05, 3.63) is 12.4 Å². The molecule has 0 unspecified atom stereocenters. The van der Waals surface area contributed by atoms with Gasteiger partial charge in [-0.3, -0.25) is 4.79 Å². The second-order valence-electron chi connectivity index (χ2n) is 4.69. The van der Waals surface area contributed by atoms with Crippen molar-refractivity contribution in [3.8, 4) is 17.2 Å². The molecule has 2 aromatic rings. The molecule has 1 aromatic carbocycles. The van der Waals surface area contributed by atoms with Crippen molar-refractivity contribution in [1.29, 1.82) is 0 Å². The molecule has 0 bridgehead atoms.